The lowest BCUT2D eigenvalue weighted by Crippen LogP contribution is -2.43. The molecule has 2 aliphatic rings. The van der Waals surface area contributed by atoms with Gasteiger partial charge in [-0.3, -0.25) is 9.69 Å². The Labute approximate surface area is 109 Å². The van der Waals surface area contributed by atoms with Gasteiger partial charge >= 0.3 is 0 Å². The van der Waals surface area contributed by atoms with E-state index in [0.29, 0.717) is 6.54 Å². The average molecular weight is 250 g/mol. The lowest BCUT2D eigenvalue weighted by molar-refractivity contribution is -0.130. The Morgan fingerprint density at radius 2 is 2.39 bits per heavy atom. The molecule has 4 heteroatoms. The maximum atomic E-state index is 12.1. The van der Waals surface area contributed by atoms with Gasteiger partial charge in [0.05, 0.1) is 6.54 Å². The molecule has 0 radical (unpaired) electrons. The number of nitrogens with zero attached hydrogens (tertiary/aromatic N) is 2. The molecule has 4 nitrogen and oxygen atoms in total. The van der Waals surface area contributed by atoms with Crippen LogP contribution in [0.3, 0.4) is 0 Å². The minimum atomic E-state index is 0.113. The molecule has 1 heterocycles. The first-order valence-corrected chi connectivity index (χ1v) is 6.84. The van der Waals surface area contributed by atoms with Gasteiger partial charge in [0, 0.05) is 25.2 Å². The van der Waals surface area contributed by atoms with E-state index in [1.807, 2.05) is 7.05 Å². The number of allylic oxidation sites excluding steroid dienone is 2. The number of hydrogen-bond donors (Lipinski definition) is 0. The number of rotatable bonds is 4. The van der Waals surface area contributed by atoms with E-state index in [0.717, 1.165) is 57.2 Å². The number of carbonyl (C=O) groups is 2. The fourth-order valence-corrected chi connectivity index (χ4v) is 2.76. The van der Waals surface area contributed by atoms with Crippen molar-refractivity contribution >= 4 is 12.2 Å². The second-order valence-electron chi connectivity index (χ2n) is 5.31. The number of aldehydes is 1. The molecule has 0 aromatic heterocycles. The van der Waals surface area contributed by atoms with Crippen LogP contribution in [0.5, 0.6) is 0 Å². The Morgan fingerprint density at radius 1 is 1.56 bits per heavy atom. The van der Waals surface area contributed by atoms with Crippen LogP contribution in [0.25, 0.3) is 0 Å². The van der Waals surface area contributed by atoms with Gasteiger partial charge in [-0.05, 0) is 38.6 Å². The van der Waals surface area contributed by atoms with E-state index in [1.54, 1.807) is 4.90 Å². The van der Waals surface area contributed by atoms with Crippen LogP contribution in [-0.2, 0) is 9.59 Å². The summed E-state index contributed by atoms with van der Waals surface area (Å²) in [7, 11) is 1.86. The monoisotopic (exact) mass is 250 g/mol. The molecule has 1 fully saturated rings. The van der Waals surface area contributed by atoms with Crippen LogP contribution in [-0.4, -0.2) is 48.7 Å². The lowest BCUT2D eigenvalue weighted by atomic mass is 10.00. The second kappa shape index (κ2) is 6.14. The van der Waals surface area contributed by atoms with Gasteiger partial charge in [0.1, 0.15) is 6.29 Å². The van der Waals surface area contributed by atoms with Crippen LogP contribution in [0.4, 0.5) is 0 Å². The summed E-state index contributed by atoms with van der Waals surface area (Å²) >= 11 is 0. The van der Waals surface area contributed by atoms with Crippen molar-refractivity contribution in [3.63, 3.8) is 0 Å². The zero-order chi connectivity index (χ0) is 13.0. The summed E-state index contributed by atoms with van der Waals surface area (Å²) in [5, 5.41) is 0. The summed E-state index contributed by atoms with van der Waals surface area (Å²) in [6, 6.07) is 0. The number of amides is 1. The topological polar surface area (TPSA) is 40.6 Å². The van der Waals surface area contributed by atoms with E-state index >= 15 is 0 Å². The summed E-state index contributed by atoms with van der Waals surface area (Å²) < 4.78 is 0. The third kappa shape index (κ3) is 3.19. The van der Waals surface area contributed by atoms with Crippen molar-refractivity contribution in [1.29, 1.82) is 0 Å². The molecule has 1 aliphatic heterocycles. The summed E-state index contributed by atoms with van der Waals surface area (Å²) in [6.07, 6.45) is 8.42. The van der Waals surface area contributed by atoms with Gasteiger partial charge in [0.25, 0.3) is 0 Å². The standard InChI is InChI=1S/C14H22N2O2/c1-15(13-6-2-3-7-13)14(18)10-16-8-4-5-12(9-16)11-17/h6,11-12H,2-5,7-10H2,1H3. The third-order valence-electron chi connectivity index (χ3n) is 3.92. The number of likely N-dealkylation sites (tertiary alicyclic amines) is 1. The summed E-state index contributed by atoms with van der Waals surface area (Å²) in [5.41, 5.74) is 1.16. The molecule has 1 atom stereocenters. The van der Waals surface area contributed by atoms with Gasteiger partial charge in [-0.1, -0.05) is 6.08 Å². The molecule has 0 saturated carbocycles. The second-order valence-corrected chi connectivity index (χ2v) is 5.31. The Bertz CT molecular complexity index is 352. The molecule has 18 heavy (non-hydrogen) atoms. The highest BCUT2D eigenvalue weighted by Crippen LogP contribution is 2.21. The molecule has 1 unspecified atom stereocenters. The van der Waals surface area contributed by atoms with E-state index < -0.39 is 0 Å². The van der Waals surface area contributed by atoms with E-state index in [-0.39, 0.29) is 11.8 Å². The molecule has 100 valence electrons. The van der Waals surface area contributed by atoms with E-state index in [9.17, 15) is 9.59 Å². The number of likely N-dealkylation sites (N-methyl/N-ethyl adjacent to an activating group) is 1. The highest BCUT2D eigenvalue weighted by molar-refractivity contribution is 5.79. The molecule has 0 N–H and O–H groups in total. The Hall–Kier alpha value is -1.16. The summed E-state index contributed by atoms with van der Waals surface area (Å²) in [4.78, 5) is 26.8. The molecule has 1 amide bonds. The Balaban J connectivity index is 1.84. The zero-order valence-electron chi connectivity index (χ0n) is 11.1. The highest BCUT2D eigenvalue weighted by atomic mass is 16.2. The van der Waals surface area contributed by atoms with Gasteiger partial charge in [-0.2, -0.15) is 0 Å². The molecular formula is C14H22N2O2. The van der Waals surface area contributed by atoms with E-state index in [4.69, 9.17) is 0 Å². The van der Waals surface area contributed by atoms with Crippen LogP contribution in [0.1, 0.15) is 32.1 Å². The highest BCUT2D eigenvalue weighted by Gasteiger charge is 2.23. The first-order valence-electron chi connectivity index (χ1n) is 6.84. The van der Waals surface area contributed by atoms with Gasteiger partial charge in [0.2, 0.25) is 5.91 Å². The van der Waals surface area contributed by atoms with Crippen molar-refractivity contribution in [1.82, 2.24) is 9.80 Å². The first-order chi connectivity index (χ1) is 8.70. The van der Waals surface area contributed by atoms with Crippen LogP contribution in [0.15, 0.2) is 11.8 Å². The quantitative estimate of drug-likeness (QED) is 0.709. The van der Waals surface area contributed by atoms with Crippen molar-refractivity contribution in [2.75, 3.05) is 26.7 Å². The lowest BCUT2D eigenvalue weighted by Gasteiger charge is -2.31. The van der Waals surface area contributed by atoms with E-state index in [1.165, 1.54) is 0 Å². The Kier molecular flexibility index (Phi) is 4.53. The van der Waals surface area contributed by atoms with Crippen LogP contribution in [0.2, 0.25) is 0 Å². The van der Waals surface area contributed by atoms with Gasteiger partial charge in [-0.15, -0.1) is 0 Å². The maximum Gasteiger partial charge on any atom is 0.240 e. The molecule has 2 rings (SSSR count). The summed E-state index contributed by atoms with van der Waals surface area (Å²) in [5.74, 6) is 0.261. The number of carbonyl (C=O) groups excluding carboxylic acids is 2. The van der Waals surface area contributed by atoms with Crippen molar-refractivity contribution in [3.8, 4) is 0 Å². The van der Waals surface area contributed by atoms with Crippen molar-refractivity contribution < 1.29 is 9.59 Å². The predicted octanol–water partition coefficient (Wildman–Crippen LogP) is 1.42. The molecule has 1 saturated heterocycles. The summed E-state index contributed by atoms with van der Waals surface area (Å²) in [6.45, 7) is 2.11. The molecule has 0 spiro atoms. The maximum absolute atomic E-state index is 12.1. The minimum absolute atomic E-state index is 0.113. The fourth-order valence-electron chi connectivity index (χ4n) is 2.76. The van der Waals surface area contributed by atoms with Crippen LogP contribution < -0.4 is 0 Å². The first kappa shape index (κ1) is 13.3. The fraction of sp³-hybridized carbons (Fsp3) is 0.714. The van der Waals surface area contributed by atoms with Crippen molar-refractivity contribution in [2.24, 2.45) is 5.92 Å². The molecule has 0 aromatic rings. The van der Waals surface area contributed by atoms with Gasteiger partial charge in [0.15, 0.2) is 0 Å². The zero-order valence-corrected chi connectivity index (χ0v) is 11.1. The molecule has 0 aromatic carbocycles. The number of piperidine rings is 1. The van der Waals surface area contributed by atoms with Crippen LogP contribution in [0, 0.1) is 5.92 Å². The SMILES string of the molecule is CN(C(=O)CN1CCCC(C=O)C1)C1=CCCC1. The molecule has 0 bridgehead atoms. The van der Waals surface area contributed by atoms with Crippen molar-refractivity contribution in [2.45, 2.75) is 32.1 Å². The average Bonchev–Trinajstić information content (AvgIpc) is 2.92. The number of hydrogen-bond acceptors (Lipinski definition) is 3. The van der Waals surface area contributed by atoms with Gasteiger partial charge < -0.3 is 9.69 Å². The minimum Gasteiger partial charge on any atom is -0.318 e. The van der Waals surface area contributed by atoms with Crippen molar-refractivity contribution in [3.05, 3.63) is 11.8 Å². The van der Waals surface area contributed by atoms with Gasteiger partial charge in [-0.25, -0.2) is 0 Å². The normalized spacial score (nSPS) is 24.7. The molecule has 1 aliphatic carbocycles. The van der Waals surface area contributed by atoms with Crippen LogP contribution >= 0.6 is 0 Å². The largest absolute Gasteiger partial charge is 0.318 e. The third-order valence-corrected chi connectivity index (χ3v) is 3.92. The van der Waals surface area contributed by atoms with E-state index in [2.05, 4.69) is 11.0 Å². The smallest absolute Gasteiger partial charge is 0.240 e. The Morgan fingerprint density at radius 3 is 3.06 bits per heavy atom. The predicted molar refractivity (Wildman–Crippen MR) is 69.9 cm³/mol. The molecular weight excluding hydrogens is 228 g/mol.